The van der Waals surface area contributed by atoms with Gasteiger partial charge in [-0.25, -0.2) is 13.1 Å². The number of anilines is 1. The highest BCUT2D eigenvalue weighted by molar-refractivity contribution is 7.91. The summed E-state index contributed by atoms with van der Waals surface area (Å²) in [5, 5.41) is 2.90. The van der Waals surface area contributed by atoms with Crippen LogP contribution in [0, 0.1) is 0 Å². The molecule has 3 aromatic carbocycles. The van der Waals surface area contributed by atoms with Crippen LogP contribution in [0.3, 0.4) is 0 Å². The van der Waals surface area contributed by atoms with Crippen LogP contribution in [0.2, 0.25) is 5.02 Å². The molecule has 1 unspecified atom stereocenters. The Labute approximate surface area is 185 Å². The molecule has 0 N–H and O–H groups in total. The second-order valence-electron chi connectivity index (χ2n) is 7.66. The van der Waals surface area contributed by atoms with Gasteiger partial charge < -0.3 is 0 Å². The third kappa shape index (κ3) is 3.06. The molecule has 0 fully saturated rings. The summed E-state index contributed by atoms with van der Waals surface area (Å²) in [4.78, 5) is 13.9. The number of pyridine rings is 1. The maximum absolute atomic E-state index is 13.8. The molecule has 7 heteroatoms. The van der Waals surface area contributed by atoms with Crippen molar-refractivity contribution in [2.24, 2.45) is 0 Å². The smallest absolute Gasteiger partial charge is 0.277 e. The van der Waals surface area contributed by atoms with Crippen LogP contribution in [0.15, 0.2) is 93.4 Å². The lowest BCUT2D eigenvalue weighted by Gasteiger charge is -2.23. The molecule has 1 atom stereocenters. The maximum atomic E-state index is 13.8. The van der Waals surface area contributed by atoms with Gasteiger partial charge in [-0.2, -0.15) is 0 Å². The number of halogens is 1. The Morgan fingerprint density at radius 2 is 1.55 bits per heavy atom. The van der Waals surface area contributed by atoms with E-state index in [1.807, 2.05) is 42.3 Å². The number of fused-ring (bicyclic) bond motifs is 2. The van der Waals surface area contributed by atoms with E-state index in [9.17, 15) is 13.2 Å². The molecule has 1 aromatic heterocycles. The lowest BCUT2D eigenvalue weighted by atomic mass is 10.1. The lowest BCUT2D eigenvalue weighted by Crippen LogP contribution is -2.36. The van der Waals surface area contributed by atoms with Crippen molar-refractivity contribution < 1.29 is 8.42 Å². The van der Waals surface area contributed by atoms with E-state index in [1.165, 1.54) is 4.68 Å². The minimum atomic E-state index is -3.91. The lowest BCUT2D eigenvalue weighted by molar-refractivity contribution is 0.593. The van der Waals surface area contributed by atoms with E-state index in [-0.39, 0.29) is 21.3 Å². The van der Waals surface area contributed by atoms with Crippen molar-refractivity contribution >= 4 is 37.9 Å². The van der Waals surface area contributed by atoms with E-state index in [0.29, 0.717) is 28.0 Å². The molecular formula is C24H19ClN2O3S. The van der Waals surface area contributed by atoms with Crippen molar-refractivity contribution in [2.75, 3.05) is 11.6 Å². The summed E-state index contributed by atoms with van der Waals surface area (Å²) >= 11 is 6.24. The number of rotatable bonds is 3. The standard InChI is InChI=1S/C24H19ClN2O3S/c1-16-15-26(18-8-4-2-5-9-18)27-22(16)23(31(29,30)19-10-6-3-7-11-19)21-14-17(25)12-13-20(21)24(27)28/h2-14,16H,15H2,1H3. The predicted molar refractivity (Wildman–Crippen MR) is 123 cm³/mol. The number of nitrogens with zero attached hydrogens (tertiary/aromatic N) is 2. The van der Waals surface area contributed by atoms with Gasteiger partial charge in [0, 0.05) is 22.9 Å². The van der Waals surface area contributed by atoms with Gasteiger partial charge in [0.25, 0.3) is 5.56 Å². The fraction of sp³-hybridized carbons (Fsp3) is 0.125. The van der Waals surface area contributed by atoms with Gasteiger partial charge in [-0.05, 0) is 42.5 Å². The minimum Gasteiger partial charge on any atom is -0.278 e. The Kier molecular flexibility index (Phi) is 4.64. The zero-order valence-corrected chi connectivity index (χ0v) is 18.3. The van der Waals surface area contributed by atoms with Gasteiger partial charge in [-0.1, -0.05) is 54.9 Å². The number of para-hydroxylation sites is 1. The Hall–Kier alpha value is -3.09. The summed E-state index contributed by atoms with van der Waals surface area (Å²) in [6.45, 7) is 2.43. The zero-order valence-electron chi connectivity index (χ0n) is 16.7. The molecule has 0 spiro atoms. The second kappa shape index (κ2) is 7.25. The predicted octanol–water partition coefficient (Wildman–Crippen LogP) is 4.87. The average Bonchev–Trinajstić information content (AvgIpc) is 3.12. The molecule has 0 radical (unpaired) electrons. The highest BCUT2D eigenvalue weighted by atomic mass is 35.5. The quantitative estimate of drug-likeness (QED) is 0.446. The first-order valence-corrected chi connectivity index (χ1v) is 11.8. The van der Waals surface area contributed by atoms with Gasteiger partial charge in [0.15, 0.2) is 0 Å². The van der Waals surface area contributed by atoms with E-state index in [0.717, 1.165) is 5.69 Å². The van der Waals surface area contributed by atoms with Crippen LogP contribution in [0.5, 0.6) is 0 Å². The number of benzene rings is 3. The molecule has 1 aliphatic heterocycles. The first-order chi connectivity index (χ1) is 14.9. The van der Waals surface area contributed by atoms with Gasteiger partial charge in [0.05, 0.1) is 21.7 Å². The van der Waals surface area contributed by atoms with Crippen molar-refractivity contribution in [1.29, 1.82) is 0 Å². The second-order valence-corrected chi connectivity index (χ2v) is 9.98. The van der Waals surface area contributed by atoms with Gasteiger partial charge in [0.1, 0.15) is 4.90 Å². The van der Waals surface area contributed by atoms with E-state index in [1.54, 1.807) is 48.5 Å². The molecule has 0 bridgehead atoms. The van der Waals surface area contributed by atoms with Crippen LogP contribution in [0.25, 0.3) is 10.8 Å². The Morgan fingerprint density at radius 3 is 2.23 bits per heavy atom. The Balaban J connectivity index is 1.93. The van der Waals surface area contributed by atoms with Crippen LogP contribution in [-0.2, 0) is 9.84 Å². The van der Waals surface area contributed by atoms with E-state index >= 15 is 0 Å². The molecule has 0 amide bonds. The number of aromatic nitrogens is 1. The van der Waals surface area contributed by atoms with E-state index in [2.05, 4.69) is 0 Å². The summed E-state index contributed by atoms with van der Waals surface area (Å²) < 4.78 is 29.2. The summed E-state index contributed by atoms with van der Waals surface area (Å²) in [5.74, 6) is -0.190. The average molecular weight is 451 g/mol. The maximum Gasteiger partial charge on any atom is 0.277 e. The fourth-order valence-electron chi connectivity index (χ4n) is 4.27. The number of hydrogen-bond donors (Lipinski definition) is 0. The molecule has 4 aromatic rings. The van der Waals surface area contributed by atoms with Gasteiger partial charge in [0.2, 0.25) is 9.84 Å². The zero-order chi connectivity index (χ0) is 21.8. The molecule has 1 aliphatic rings. The molecule has 31 heavy (non-hydrogen) atoms. The van der Waals surface area contributed by atoms with Crippen LogP contribution in [0.4, 0.5) is 5.69 Å². The van der Waals surface area contributed by atoms with Crippen molar-refractivity contribution in [3.05, 3.63) is 99.9 Å². The topological polar surface area (TPSA) is 59.4 Å². The molecule has 5 nitrogen and oxygen atoms in total. The third-order valence-electron chi connectivity index (χ3n) is 5.64. The molecule has 0 aliphatic carbocycles. The summed E-state index contributed by atoms with van der Waals surface area (Å²) in [7, 11) is -3.91. The van der Waals surface area contributed by atoms with Crippen molar-refractivity contribution in [3.63, 3.8) is 0 Å². The summed E-state index contributed by atoms with van der Waals surface area (Å²) in [5.41, 5.74) is 1.04. The normalized spacial score (nSPS) is 15.9. The van der Waals surface area contributed by atoms with Crippen molar-refractivity contribution in [1.82, 2.24) is 4.68 Å². The van der Waals surface area contributed by atoms with Crippen molar-refractivity contribution in [2.45, 2.75) is 22.6 Å². The minimum absolute atomic E-state index is 0.140. The highest BCUT2D eigenvalue weighted by Crippen LogP contribution is 2.39. The van der Waals surface area contributed by atoms with E-state index < -0.39 is 9.84 Å². The SMILES string of the molecule is CC1CN(c2ccccc2)n2c1c(S(=O)(=O)c1ccccc1)c1cc(Cl)ccc1c2=O. The van der Waals surface area contributed by atoms with Crippen LogP contribution in [-0.4, -0.2) is 19.6 Å². The van der Waals surface area contributed by atoms with Crippen LogP contribution >= 0.6 is 11.6 Å². The largest absolute Gasteiger partial charge is 0.278 e. The first-order valence-electron chi connectivity index (χ1n) is 9.91. The third-order valence-corrected chi connectivity index (χ3v) is 7.74. The monoisotopic (exact) mass is 450 g/mol. The van der Waals surface area contributed by atoms with Crippen molar-refractivity contribution in [3.8, 4) is 0 Å². The Bertz CT molecular complexity index is 1470. The summed E-state index contributed by atoms with van der Waals surface area (Å²) in [6, 6.07) is 22.6. The number of hydrogen-bond acceptors (Lipinski definition) is 4. The van der Waals surface area contributed by atoms with E-state index in [4.69, 9.17) is 11.6 Å². The molecule has 156 valence electrons. The molecule has 5 rings (SSSR count). The molecule has 2 heterocycles. The van der Waals surface area contributed by atoms with Crippen LogP contribution in [0.1, 0.15) is 18.5 Å². The molecule has 0 saturated carbocycles. The Morgan fingerprint density at radius 1 is 0.903 bits per heavy atom. The number of sulfone groups is 1. The molecule has 0 saturated heterocycles. The van der Waals surface area contributed by atoms with Gasteiger partial charge in [-0.15, -0.1) is 0 Å². The first kappa shape index (κ1) is 19.8. The molecular weight excluding hydrogens is 432 g/mol. The van der Waals surface area contributed by atoms with Gasteiger partial charge >= 0.3 is 0 Å². The fourth-order valence-corrected chi connectivity index (χ4v) is 6.21. The van der Waals surface area contributed by atoms with Gasteiger partial charge in [-0.3, -0.25) is 9.80 Å². The van der Waals surface area contributed by atoms with Crippen LogP contribution < -0.4 is 10.6 Å². The highest BCUT2D eigenvalue weighted by Gasteiger charge is 2.37. The summed E-state index contributed by atoms with van der Waals surface area (Å²) in [6.07, 6.45) is 0.